The van der Waals surface area contributed by atoms with E-state index in [9.17, 15) is 8.42 Å². The van der Waals surface area contributed by atoms with Crippen molar-refractivity contribution in [3.63, 3.8) is 0 Å². The van der Waals surface area contributed by atoms with E-state index >= 15 is 0 Å². The highest BCUT2D eigenvalue weighted by atomic mass is 32.2. The summed E-state index contributed by atoms with van der Waals surface area (Å²) in [6.07, 6.45) is 0. The third-order valence-electron chi connectivity index (χ3n) is 2.53. The zero-order valence-electron chi connectivity index (χ0n) is 9.32. The van der Waals surface area contributed by atoms with Gasteiger partial charge in [0.15, 0.2) is 9.84 Å². The van der Waals surface area contributed by atoms with E-state index in [0.29, 0.717) is 12.4 Å². The summed E-state index contributed by atoms with van der Waals surface area (Å²) >= 11 is 0. The van der Waals surface area contributed by atoms with Gasteiger partial charge in [0, 0.05) is 11.3 Å². The summed E-state index contributed by atoms with van der Waals surface area (Å²) in [5.74, 6) is 0.805. The van der Waals surface area contributed by atoms with Gasteiger partial charge in [0.05, 0.1) is 18.0 Å². The van der Waals surface area contributed by atoms with Crippen molar-refractivity contribution < 1.29 is 8.42 Å². The fraction of sp³-hybridized carbons (Fsp3) is 0.667. The third kappa shape index (κ3) is 2.71. The van der Waals surface area contributed by atoms with Gasteiger partial charge in [-0.3, -0.25) is 0 Å². The summed E-state index contributed by atoms with van der Waals surface area (Å²) < 4.78 is 24.1. The van der Waals surface area contributed by atoms with Crippen LogP contribution in [0.15, 0.2) is 0 Å². The van der Waals surface area contributed by atoms with Crippen molar-refractivity contribution in [2.75, 3.05) is 17.2 Å². The Labute approximate surface area is 90.2 Å². The molecule has 5 nitrogen and oxygen atoms in total. The SMILES string of the molecule is CCS(=O)(=O)CCn1nc(C)c(C)c1N. The lowest BCUT2D eigenvalue weighted by Gasteiger charge is -2.04. The van der Waals surface area contributed by atoms with Crippen LogP contribution in [0.2, 0.25) is 0 Å². The maximum Gasteiger partial charge on any atom is 0.151 e. The molecule has 15 heavy (non-hydrogen) atoms. The molecule has 0 saturated heterocycles. The first-order chi connectivity index (χ1) is 6.87. The van der Waals surface area contributed by atoms with E-state index < -0.39 is 9.84 Å². The summed E-state index contributed by atoms with van der Waals surface area (Å²) in [7, 11) is -2.95. The van der Waals surface area contributed by atoms with Crippen LogP contribution in [0.1, 0.15) is 18.2 Å². The van der Waals surface area contributed by atoms with Crippen molar-refractivity contribution in [3.05, 3.63) is 11.3 Å². The summed E-state index contributed by atoms with van der Waals surface area (Å²) in [6, 6.07) is 0. The molecular weight excluding hydrogens is 214 g/mol. The standard InChI is InChI=1S/C9H17N3O2S/c1-4-15(13,14)6-5-12-9(10)7(2)8(3)11-12/h4-6,10H2,1-3H3. The van der Waals surface area contributed by atoms with Gasteiger partial charge < -0.3 is 5.73 Å². The van der Waals surface area contributed by atoms with E-state index in [1.165, 1.54) is 0 Å². The predicted octanol–water partition coefficient (Wildman–Crippen LogP) is 0.517. The fourth-order valence-corrected chi connectivity index (χ4v) is 1.97. The normalized spacial score (nSPS) is 11.9. The van der Waals surface area contributed by atoms with Gasteiger partial charge in [0.1, 0.15) is 5.82 Å². The molecule has 1 aromatic rings. The molecule has 86 valence electrons. The van der Waals surface area contributed by atoms with E-state index in [2.05, 4.69) is 5.10 Å². The quantitative estimate of drug-likeness (QED) is 0.819. The molecule has 0 spiro atoms. The lowest BCUT2D eigenvalue weighted by atomic mass is 10.3. The minimum absolute atomic E-state index is 0.0915. The van der Waals surface area contributed by atoms with Gasteiger partial charge in [-0.2, -0.15) is 5.10 Å². The van der Waals surface area contributed by atoms with Gasteiger partial charge in [-0.25, -0.2) is 13.1 Å². The summed E-state index contributed by atoms with van der Waals surface area (Å²) in [6.45, 7) is 5.70. The number of nitrogens with two attached hydrogens (primary N) is 1. The third-order valence-corrected chi connectivity index (χ3v) is 4.21. The van der Waals surface area contributed by atoms with Crippen LogP contribution in [0, 0.1) is 13.8 Å². The van der Waals surface area contributed by atoms with Crippen LogP contribution in [0.5, 0.6) is 0 Å². The Balaban J connectivity index is 2.79. The monoisotopic (exact) mass is 231 g/mol. The average Bonchev–Trinajstić information content (AvgIpc) is 2.43. The van der Waals surface area contributed by atoms with Gasteiger partial charge in [-0.05, 0) is 13.8 Å². The molecule has 0 bridgehead atoms. The number of sulfone groups is 1. The van der Waals surface area contributed by atoms with Crippen LogP contribution in [0.3, 0.4) is 0 Å². The molecule has 1 rings (SSSR count). The molecule has 0 radical (unpaired) electrons. The molecule has 0 aliphatic carbocycles. The highest BCUT2D eigenvalue weighted by molar-refractivity contribution is 7.91. The number of nitrogens with zero attached hydrogens (tertiary/aromatic N) is 2. The zero-order valence-corrected chi connectivity index (χ0v) is 10.1. The maximum atomic E-state index is 11.3. The van der Waals surface area contributed by atoms with Crippen LogP contribution in [-0.2, 0) is 16.4 Å². The minimum Gasteiger partial charge on any atom is -0.384 e. The van der Waals surface area contributed by atoms with Crippen LogP contribution in [0.25, 0.3) is 0 Å². The number of anilines is 1. The first-order valence-electron chi connectivity index (χ1n) is 4.87. The van der Waals surface area contributed by atoms with Crippen molar-refractivity contribution in [1.29, 1.82) is 0 Å². The van der Waals surface area contributed by atoms with Crippen LogP contribution < -0.4 is 5.73 Å². The fourth-order valence-electron chi connectivity index (χ4n) is 1.23. The predicted molar refractivity (Wildman–Crippen MR) is 60.4 cm³/mol. The Morgan fingerprint density at radius 2 is 2.00 bits per heavy atom. The number of nitrogen functional groups attached to an aromatic ring is 1. The van der Waals surface area contributed by atoms with Crippen molar-refractivity contribution in [1.82, 2.24) is 9.78 Å². The molecule has 0 fully saturated rings. The second-order valence-corrected chi connectivity index (χ2v) is 6.03. The largest absolute Gasteiger partial charge is 0.384 e. The lowest BCUT2D eigenvalue weighted by molar-refractivity contribution is 0.582. The van der Waals surface area contributed by atoms with Gasteiger partial charge in [0.25, 0.3) is 0 Å². The zero-order chi connectivity index (χ0) is 11.6. The number of aromatic nitrogens is 2. The van der Waals surface area contributed by atoms with Crippen molar-refractivity contribution in [2.24, 2.45) is 0 Å². The molecule has 0 aliphatic rings. The number of hydrogen-bond donors (Lipinski definition) is 1. The molecule has 6 heteroatoms. The topological polar surface area (TPSA) is 78.0 Å². The molecule has 1 aromatic heterocycles. The summed E-state index contributed by atoms with van der Waals surface area (Å²) in [5.41, 5.74) is 7.55. The first-order valence-corrected chi connectivity index (χ1v) is 6.69. The Morgan fingerprint density at radius 3 is 2.40 bits per heavy atom. The lowest BCUT2D eigenvalue weighted by Crippen LogP contribution is -2.16. The molecule has 0 unspecified atom stereocenters. The Morgan fingerprint density at radius 1 is 1.40 bits per heavy atom. The molecule has 0 aliphatic heterocycles. The van der Waals surface area contributed by atoms with Gasteiger partial charge in [0.2, 0.25) is 0 Å². The van der Waals surface area contributed by atoms with E-state index in [1.54, 1.807) is 11.6 Å². The Hall–Kier alpha value is -1.04. The summed E-state index contributed by atoms with van der Waals surface area (Å²) in [5, 5.41) is 4.17. The van der Waals surface area contributed by atoms with E-state index in [1.807, 2.05) is 13.8 Å². The molecule has 1 heterocycles. The molecule has 2 N–H and O–H groups in total. The molecule has 0 saturated carbocycles. The van der Waals surface area contributed by atoms with Crippen molar-refractivity contribution in [2.45, 2.75) is 27.3 Å². The second-order valence-electron chi connectivity index (χ2n) is 3.56. The first kappa shape index (κ1) is 12.0. The number of rotatable bonds is 4. The van der Waals surface area contributed by atoms with E-state index in [0.717, 1.165) is 11.3 Å². The Bertz CT molecular complexity index is 448. The van der Waals surface area contributed by atoms with Gasteiger partial charge in [-0.15, -0.1) is 0 Å². The highest BCUT2D eigenvalue weighted by Crippen LogP contribution is 2.14. The highest BCUT2D eigenvalue weighted by Gasteiger charge is 2.12. The molecule has 0 amide bonds. The van der Waals surface area contributed by atoms with Crippen molar-refractivity contribution >= 4 is 15.7 Å². The van der Waals surface area contributed by atoms with Crippen LogP contribution >= 0.6 is 0 Å². The minimum atomic E-state index is -2.95. The van der Waals surface area contributed by atoms with Crippen molar-refractivity contribution in [3.8, 4) is 0 Å². The van der Waals surface area contributed by atoms with Crippen LogP contribution in [0.4, 0.5) is 5.82 Å². The smallest absolute Gasteiger partial charge is 0.151 e. The molecule has 0 aromatic carbocycles. The molecular formula is C9H17N3O2S. The maximum absolute atomic E-state index is 11.3. The van der Waals surface area contributed by atoms with Gasteiger partial charge >= 0.3 is 0 Å². The number of aryl methyl sites for hydroxylation is 2. The Kier molecular flexibility index (Phi) is 3.38. The average molecular weight is 231 g/mol. The number of hydrogen-bond acceptors (Lipinski definition) is 4. The van der Waals surface area contributed by atoms with E-state index in [4.69, 9.17) is 5.73 Å². The molecule has 0 atom stereocenters. The van der Waals surface area contributed by atoms with E-state index in [-0.39, 0.29) is 11.5 Å². The van der Waals surface area contributed by atoms with Gasteiger partial charge in [-0.1, -0.05) is 6.92 Å². The second kappa shape index (κ2) is 4.22. The van der Waals surface area contributed by atoms with Crippen LogP contribution in [-0.4, -0.2) is 29.7 Å². The summed E-state index contributed by atoms with van der Waals surface area (Å²) in [4.78, 5) is 0.